The highest BCUT2D eigenvalue weighted by atomic mass is 16.2. The molecule has 0 fully saturated rings. The van der Waals surface area contributed by atoms with Gasteiger partial charge in [-0.1, -0.05) is 38.7 Å². The first-order valence-electron chi connectivity index (χ1n) is 8.53. The monoisotopic (exact) mass is 317 g/mol. The summed E-state index contributed by atoms with van der Waals surface area (Å²) in [5.74, 6) is 0.204. The quantitative estimate of drug-likeness (QED) is 0.734. The van der Waals surface area contributed by atoms with E-state index >= 15 is 0 Å². The Balaban J connectivity index is 1.99. The summed E-state index contributed by atoms with van der Waals surface area (Å²) >= 11 is 0. The Morgan fingerprint density at radius 1 is 1.30 bits per heavy atom. The summed E-state index contributed by atoms with van der Waals surface area (Å²) in [7, 11) is 0. The van der Waals surface area contributed by atoms with Crippen LogP contribution in [0.3, 0.4) is 0 Å². The van der Waals surface area contributed by atoms with Crippen molar-refractivity contribution in [2.75, 3.05) is 6.54 Å². The van der Waals surface area contributed by atoms with Gasteiger partial charge in [0.05, 0.1) is 6.42 Å². The molecule has 0 saturated carbocycles. The Morgan fingerprint density at radius 2 is 2.04 bits per heavy atom. The second kappa shape index (κ2) is 7.57. The molecule has 2 heterocycles. The fourth-order valence-electron chi connectivity index (χ4n) is 2.94. The van der Waals surface area contributed by atoms with Crippen molar-refractivity contribution in [1.82, 2.24) is 10.2 Å². The molecule has 1 N–H and O–H groups in total. The van der Waals surface area contributed by atoms with Gasteiger partial charge in [0, 0.05) is 12.7 Å². The lowest BCUT2D eigenvalue weighted by atomic mass is 9.90. The molecule has 0 bridgehead atoms. The summed E-state index contributed by atoms with van der Waals surface area (Å²) in [6.45, 7) is 6.63. The minimum atomic E-state index is -0.899. The first-order valence-corrected chi connectivity index (χ1v) is 8.53. The zero-order valence-electron chi connectivity index (χ0n) is 14.4. The van der Waals surface area contributed by atoms with E-state index in [9.17, 15) is 9.59 Å². The van der Waals surface area contributed by atoms with Gasteiger partial charge in [-0.15, -0.1) is 0 Å². The molecule has 2 aliphatic rings. The molecule has 0 saturated heterocycles. The minimum Gasteiger partial charge on any atom is -0.354 e. The van der Waals surface area contributed by atoms with E-state index in [1.807, 2.05) is 31.0 Å². The number of hydrogen-bond donors (Lipinski definition) is 1. The highest BCUT2D eigenvalue weighted by Crippen LogP contribution is 2.29. The molecule has 0 aromatic carbocycles. The van der Waals surface area contributed by atoms with Crippen LogP contribution in [-0.4, -0.2) is 34.6 Å². The predicted molar refractivity (Wildman–Crippen MR) is 92.0 cm³/mol. The number of carbonyl (C=O) groups is 2. The van der Waals surface area contributed by atoms with Crippen LogP contribution < -0.4 is 5.32 Å². The van der Waals surface area contributed by atoms with Crippen LogP contribution in [-0.2, 0) is 9.59 Å². The largest absolute Gasteiger partial charge is 0.354 e. The molecule has 2 rings (SSSR count). The van der Waals surface area contributed by atoms with Crippen LogP contribution in [0.2, 0.25) is 0 Å². The molecule has 0 aromatic rings. The lowest BCUT2D eigenvalue weighted by Gasteiger charge is -2.42. The van der Waals surface area contributed by atoms with Crippen molar-refractivity contribution in [2.45, 2.75) is 64.8 Å². The highest BCUT2D eigenvalue weighted by Gasteiger charge is 2.45. The molecular formula is C18H27N3O2. The van der Waals surface area contributed by atoms with Crippen LogP contribution >= 0.6 is 0 Å². The van der Waals surface area contributed by atoms with Crippen molar-refractivity contribution in [3.63, 3.8) is 0 Å². The van der Waals surface area contributed by atoms with Crippen molar-refractivity contribution >= 4 is 17.6 Å². The van der Waals surface area contributed by atoms with Gasteiger partial charge in [-0.2, -0.15) is 4.99 Å². The topological polar surface area (TPSA) is 61.8 Å². The second-order valence-electron chi connectivity index (χ2n) is 6.56. The minimum absolute atomic E-state index is 0.104. The Bertz CT molecular complexity index is 563. The number of fused-ring (bicyclic) bond motifs is 1. The van der Waals surface area contributed by atoms with Gasteiger partial charge in [-0.25, -0.2) is 0 Å². The third-order valence-corrected chi connectivity index (χ3v) is 4.40. The van der Waals surface area contributed by atoms with Gasteiger partial charge >= 0.3 is 0 Å². The van der Waals surface area contributed by atoms with Gasteiger partial charge in [0.25, 0.3) is 5.91 Å². The maximum atomic E-state index is 12.7. The normalized spacial score (nSPS) is 23.3. The van der Waals surface area contributed by atoms with Gasteiger partial charge in [-0.3, -0.25) is 9.59 Å². The van der Waals surface area contributed by atoms with E-state index in [-0.39, 0.29) is 18.2 Å². The van der Waals surface area contributed by atoms with Crippen molar-refractivity contribution in [3.05, 3.63) is 23.9 Å². The van der Waals surface area contributed by atoms with Crippen LogP contribution in [0.5, 0.6) is 0 Å². The van der Waals surface area contributed by atoms with Crippen LogP contribution in [0.1, 0.15) is 59.3 Å². The van der Waals surface area contributed by atoms with Gasteiger partial charge in [0.2, 0.25) is 5.91 Å². The zero-order valence-corrected chi connectivity index (χ0v) is 14.4. The van der Waals surface area contributed by atoms with Crippen molar-refractivity contribution in [1.29, 1.82) is 0 Å². The molecular weight excluding hydrogens is 290 g/mol. The fraction of sp³-hybridized carbons (Fsp3) is 0.611. The number of amidine groups is 1. The van der Waals surface area contributed by atoms with Crippen molar-refractivity contribution in [3.8, 4) is 0 Å². The maximum Gasteiger partial charge on any atom is 0.250 e. The molecule has 5 heteroatoms. The Morgan fingerprint density at radius 3 is 2.78 bits per heavy atom. The van der Waals surface area contributed by atoms with E-state index in [1.165, 1.54) is 19.3 Å². The lowest BCUT2D eigenvalue weighted by molar-refractivity contribution is -0.134. The molecule has 0 radical (unpaired) electrons. The van der Waals surface area contributed by atoms with Gasteiger partial charge < -0.3 is 10.2 Å². The smallest absolute Gasteiger partial charge is 0.250 e. The molecule has 0 spiro atoms. The third-order valence-electron chi connectivity index (χ3n) is 4.40. The maximum absolute atomic E-state index is 12.7. The zero-order chi connectivity index (χ0) is 16.9. The number of allylic oxidation sites excluding steroid dienone is 2. The first-order chi connectivity index (χ1) is 11.0. The molecule has 1 atom stereocenters. The number of unbranched alkanes of at least 4 members (excludes halogenated alkanes) is 4. The first kappa shape index (κ1) is 17.4. The summed E-state index contributed by atoms with van der Waals surface area (Å²) < 4.78 is 0. The number of nitrogens with zero attached hydrogens (tertiary/aromatic N) is 2. The SMILES string of the molecule is CCCCCCCNC(=O)C1(C)CC(=O)N=C2C=CC(C)=CN21. The summed E-state index contributed by atoms with van der Waals surface area (Å²) in [4.78, 5) is 30.5. The van der Waals surface area contributed by atoms with Gasteiger partial charge in [0.1, 0.15) is 11.4 Å². The van der Waals surface area contributed by atoms with E-state index in [4.69, 9.17) is 0 Å². The molecule has 1 unspecified atom stereocenters. The average molecular weight is 317 g/mol. The predicted octanol–water partition coefficient (Wildman–Crippen LogP) is 2.94. The second-order valence-corrected chi connectivity index (χ2v) is 6.56. The van der Waals surface area contributed by atoms with Gasteiger partial charge in [-0.05, 0) is 31.9 Å². The van der Waals surface area contributed by atoms with E-state index in [0.29, 0.717) is 12.4 Å². The summed E-state index contributed by atoms with van der Waals surface area (Å²) in [6.07, 6.45) is 11.5. The van der Waals surface area contributed by atoms with Gasteiger partial charge in [0.15, 0.2) is 0 Å². The summed E-state index contributed by atoms with van der Waals surface area (Å²) in [6, 6.07) is 0. The molecule has 2 amide bonds. The number of rotatable bonds is 7. The van der Waals surface area contributed by atoms with E-state index in [1.54, 1.807) is 6.08 Å². The highest BCUT2D eigenvalue weighted by molar-refractivity contribution is 6.09. The fourth-order valence-corrected chi connectivity index (χ4v) is 2.94. The number of carbonyl (C=O) groups excluding carboxylic acids is 2. The standard InChI is InChI=1S/C18H27N3O2/c1-4-5-6-7-8-11-19-17(23)18(3)12-16(22)20-15-10-9-14(2)13-21(15)18/h9-10,13H,4-8,11-12H2,1-3H3,(H,19,23). The number of amides is 2. The number of aliphatic imine (C=N–C) groups is 1. The Kier molecular flexibility index (Phi) is 5.74. The van der Waals surface area contributed by atoms with Crippen LogP contribution in [0.4, 0.5) is 0 Å². The third kappa shape index (κ3) is 4.09. The molecule has 5 nitrogen and oxygen atoms in total. The molecule has 126 valence electrons. The van der Waals surface area contributed by atoms with E-state index in [0.717, 1.165) is 18.4 Å². The van der Waals surface area contributed by atoms with Crippen LogP contribution in [0.25, 0.3) is 0 Å². The molecule has 0 aliphatic carbocycles. The number of nitrogens with one attached hydrogen (secondary N) is 1. The van der Waals surface area contributed by atoms with E-state index in [2.05, 4.69) is 17.2 Å². The molecule has 2 aliphatic heterocycles. The van der Waals surface area contributed by atoms with Crippen molar-refractivity contribution < 1.29 is 9.59 Å². The van der Waals surface area contributed by atoms with Crippen LogP contribution in [0.15, 0.2) is 28.9 Å². The molecule has 23 heavy (non-hydrogen) atoms. The molecule has 0 aromatic heterocycles. The Hall–Kier alpha value is -1.91. The van der Waals surface area contributed by atoms with Crippen LogP contribution in [0, 0.1) is 0 Å². The number of hydrogen-bond acceptors (Lipinski definition) is 3. The average Bonchev–Trinajstić information content (AvgIpc) is 2.51. The van der Waals surface area contributed by atoms with E-state index < -0.39 is 5.54 Å². The summed E-state index contributed by atoms with van der Waals surface area (Å²) in [5, 5.41) is 3.00. The summed E-state index contributed by atoms with van der Waals surface area (Å²) in [5.41, 5.74) is 0.140. The van der Waals surface area contributed by atoms with Crippen molar-refractivity contribution in [2.24, 2.45) is 4.99 Å². The lowest BCUT2D eigenvalue weighted by Crippen LogP contribution is -2.60. The Labute approximate surface area is 138 Å².